The average molecular weight is 259 g/mol. The van der Waals surface area contributed by atoms with E-state index >= 15 is 0 Å². The molecule has 0 heterocycles. The monoisotopic (exact) mass is 259 g/mol. The van der Waals surface area contributed by atoms with Crippen LogP contribution in [0.2, 0.25) is 0 Å². The van der Waals surface area contributed by atoms with Gasteiger partial charge in [-0.2, -0.15) is 5.26 Å². The lowest BCUT2D eigenvalue weighted by molar-refractivity contribution is 0.0812. The maximum Gasteiger partial charge on any atom is 0.119 e. The van der Waals surface area contributed by atoms with Crippen molar-refractivity contribution in [3.63, 3.8) is 0 Å². The van der Waals surface area contributed by atoms with Crippen molar-refractivity contribution >= 4 is 0 Å². The fourth-order valence-electron chi connectivity index (χ4n) is 2.15. The van der Waals surface area contributed by atoms with Crippen molar-refractivity contribution < 1.29 is 9.47 Å². The highest BCUT2D eigenvalue weighted by molar-refractivity contribution is 5.28. The molecule has 102 valence electrons. The number of benzene rings is 1. The molecule has 0 atom stereocenters. The van der Waals surface area contributed by atoms with E-state index in [1.165, 1.54) is 25.7 Å². The Hall–Kier alpha value is -1.53. The van der Waals surface area contributed by atoms with Gasteiger partial charge in [0, 0.05) is 6.61 Å². The molecule has 0 spiro atoms. The second kappa shape index (κ2) is 7.81. The van der Waals surface area contributed by atoms with Crippen molar-refractivity contribution in [1.29, 1.82) is 5.26 Å². The lowest BCUT2D eigenvalue weighted by Crippen LogP contribution is -2.15. The molecule has 1 aromatic rings. The molecular formula is C16H21NO2. The molecule has 1 aliphatic rings. The number of ether oxygens (including phenoxy) is 2. The molecule has 19 heavy (non-hydrogen) atoms. The molecule has 3 nitrogen and oxygen atoms in total. The van der Waals surface area contributed by atoms with E-state index in [-0.39, 0.29) is 0 Å². The molecule has 0 unspecified atom stereocenters. The zero-order valence-corrected chi connectivity index (χ0v) is 11.3. The number of hydrogen-bond donors (Lipinski definition) is 0. The number of nitrogens with zero attached hydrogens (tertiary/aromatic N) is 1. The van der Waals surface area contributed by atoms with E-state index < -0.39 is 0 Å². The summed E-state index contributed by atoms with van der Waals surface area (Å²) in [6, 6.07) is 9.79. The molecule has 0 aliphatic heterocycles. The van der Waals surface area contributed by atoms with Gasteiger partial charge in [-0.1, -0.05) is 31.4 Å². The fraction of sp³-hybridized carbons (Fsp3) is 0.562. The number of hydrogen-bond acceptors (Lipinski definition) is 3. The first-order valence-corrected chi connectivity index (χ1v) is 7.05. The summed E-state index contributed by atoms with van der Waals surface area (Å²) in [5, 5.41) is 8.58. The fourth-order valence-corrected chi connectivity index (χ4v) is 2.15. The predicted molar refractivity (Wildman–Crippen MR) is 74.0 cm³/mol. The molecule has 1 aliphatic carbocycles. The summed E-state index contributed by atoms with van der Waals surface area (Å²) in [6.45, 7) is 2.09. The third kappa shape index (κ3) is 4.92. The molecule has 3 heteroatoms. The lowest BCUT2D eigenvalue weighted by Gasteiger charge is -2.24. The normalized spacial score (nSPS) is 14.7. The summed E-state index contributed by atoms with van der Waals surface area (Å²) in [5.41, 5.74) is 1.02. The van der Waals surface area contributed by atoms with Gasteiger partial charge < -0.3 is 9.47 Å². The minimum atomic E-state index is 0.449. The Bertz CT molecular complexity index is 404. The van der Waals surface area contributed by atoms with Crippen LogP contribution in [0.15, 0.2) is 24.3 Å². The van der Waals surface area contributed by atoms with E-state index in [4.69, 9.17) is 14.7 Å². The van der Waals surface area contributed by atoms with Gasteiger partial charge in [-0.3, -0.25) is 0 Å². The van der Waals surface area contributed by atoms with Crippen molar-refractivity contribution in [2.24, 2.45) is 5.92 Å². The van der Waals surface area contributed by atoms with Gasteiger partial charge in [-0.15, -0.1) is 0 Å². The van der Waals surface area contributed by atoms with Crippen molar-refractivity contribution in [2.45, 2.75) is 32.1 Å². The number of nitriles is 1. The van der Waals surface area contributed by atoms with Gasteiger partial charge in [0.25, 0.3) is 0 Å². The van der Waals surface area contributed by atoms with Crippen LogP contribution in [0.4, 0.5) is 0 Å². The third-order valence-corrected chi connectivity index (χ3v) is 3.60. The van der Waals surface area contributed by atoms with Crippen molar-refractivity contribution in [3.8, 4) is 11.8 Å². The molecule has 0 N–H and O–H groups in total. The summed E-state index contributed by atoms with van der Waals surface area (Å²) in [4.78, 5) is 0. The first-order chi connectivity index (χ1) is 9.38. The van der Waals surface area contributed by atoms with Crippen molar-refractivity contribution in [2.75, 3.05) is 19.8 Å². The van der Waals surface area contributed by atoms with Crippen LogP contribution in [0.5, 0.6) is 5.75 Å². The summed E-state index contributed by atoms with van der Waals surface area (Å²) in [6.07, 6.45) is 5.81. The van der Waals surface area contributed by atoms with E-state index in [2.05, 4.69) is 6.07 Å². The molecule has 0 aromatic heterocycles. The summed E-state index contributed by atoms with van der Waals surface area (Å²) >= 11 is 0. The highest BCUT2D eigenvalue weighted by Gasteiger charge is 2.16. The van der Waals surface area contributed by atoms with Crippen LogP contribution in [-0.4, -0.2) is 19.8 Å². The number of rotatable bonds is 8. The van der Waals surface area contributed by atoms with Crippen molar-refractivity contribution in [3.05, 3.63) is 29.8 Å². The topological polar surface area (TPSA) is 42.2 Å². The predicted octanol–water partition coefficient (Wildman–Crippen LogP) is 3.34. The van der Waals surface area contributed by atoms with E-state index in [0.717, 1.165) is 23.8 Å². The standard InChI is InChI=1S/C16H21NO2/c17-10-8-15-4-6-16(7-5-15)19-13-12-18-11-9-14-2-1-3-14/h4-7,14H,1-3,8-9,11-13H2. The SMILES string of the molecule is N#CCc1ccc(OCCOCCC2CCC2)cc1. The Kier molecular flexibility index (Phi) is 5.71. The molecule has 1 fully saturated rings. The minimum Gasteiger partial charge on any atom is -0.491 e. The van der Waals surface area contributed by atoms with Gasteiger partial charge in [-0.05, 0) is 30.0 Å². The first-order valence-electron chi connectivity index (χ1n) is 7.05. The van der Waals surface area contributed by atoms with Gasteiger partial charge >= 0.3 is 0 Å². The molecule has 2 rings (SSSR count). The van der Waals surface area contributed by atoms with Gasteiger partial charge in [0.1, 0.15) is 12.4 Å². The zero-order chi connectivity index (χ0) is 13.3. The Morgan fingerprint density at radius 2 is 1.89 bits per heavy atom. The second-order valence-corrected chi connectivity index (χ2v) is 5.03. The van der Waals surface area contributed by atoms with E-state index in [1.807, 2.05) is 24.3 Å². The van der Waals surface area contributed by atoms with E-state index in [9.17, 15) is 0 Å². The maximum atomic E-state index is 8.58. The van der Waals surface area contributed by atoms with E-state index in [1.54, 1.807) is 0 Å². The minimum absolute atomic E-state index is 0.449. The van der Waals surface area contributed by atoms with Gasteiger partial charge in [-0.25, -0.2) is 0 Å². The van der Waals surface area contributed by atoms with E-state index in [0.29, 0.717) is 19.6 Å². The van der Waals surface area contributed by atoms with Crippen LogP contribution < -0.4 is 4.74 Å². The van der Waals surface area contributed by atoms with Crippen LogP contribution >= 0.6 is 0 Å². The lowest BCUT2D eigenvalue weighted by atomic mass is 9.83. The average Bonchev–Trinajstić information content (AvgIpc) is 2.38. The Balaban J connectivity index is 1.53. The molecule has 1 aromatic carbocycles. The van der Waals surface area contributed by atoms with Crippen LogP contribution in [0.25, 0.3) is 0 Å². The van der Waals surface area contributed by atoms with Crippen molar-refractivity contribution in [1.82, 2.24) is 0 Å². The molecular weight excluding hydrogens is 238 g/mol. The highest BCUT2D eigenvalue weighted by Crippen LogP contribution is 2.29. The summed E-state index contributed by atoms with van der Waals surface area (Å²) in [5.74, 6) is 1.75. The van der Waals surface area contributed by atoms with Crippen LogP contribution in [0, 0.1) is 17.2 Å². The Morgan fingerprint density at radius 1 is 1.11 bits per heavy atom. The smallest absolute Gasteiger partial charge is 0.119 e. The second-order valence-electron chi connectivity index (χ2n) is 5.03. The first kappa shape index (κ1) is 13.9. The molecule has 0 radical (unpaired) electrons. The summed E-state index contributed by atoms with van der Waals surface area (Å²) < 4.78 is 11.1. The third-order valence-electron chi connectivity index (χ3n) is 3.60. The molecule has 0 saturated heterocycles. The summed E-state index contributed by atoms with van der Waals surface area (Å²) in [7, 11) is 0. The Labute approximate surface area is 115 Å². The van der Waals surface area contributed by atoms with Crippen LogP contribution in [0.3, 0.4) is 0 Å². The zero-order valence-electron chi connectivity index (χ0n) is 11.3. The molecule has 0 bridgehead atoms. The highest BCUT2D eigenvalue weighted by atomic mass is 16.5. The Morgan fingerprint density at radius 3 is 2.53 bits per heavy atom. The van der Waals surface area contributed by atoms with Crippen LogP contribution in [-0.2, 0) is 11.2 Å². The van der Waals surface area contributed by atoms with Gasteiger partial charge in [0.05, 0.1) is 19.1 Å². The maximum absolute atomic E-state index is 8.58. The van der Waals surface area contributed by atoms with Gasteiger partial charge in [0.2, 0.25) is 0 Å². The molecule has 1 saturated carbocycles. The largest absolute Gasteiger partial charge is 0.491 e. The van der Waals surface area contributed by atoms with Gasteiger partial charge in [0.15, 0.2) is 0 Å². The van der Waals surface area contributed by atoms with Crippen LogP contribution in [0.1, 0.15) is 31.2 Å². The molecule has 0 amide bonds. The quantitative estimate of drug-likeness (QED) is 0.672.